The van der Waals surface area contributed by atoms with Crippen molar-refractivity contribution in [3.8, 4) is 0 Å². The van der Waals surface area contributed by atoms with Gasteiger partial charge in [0.05, 0.1) is 13.7 Å². The van der Waals surface area contributed by atoms with Crippen molar-refractivity contribution in [3.63, 3.8) is 0 Å². The number of aromatic amines is 1. The van der Waals surface area contributed by atoms with Crippen LogP contribution in [0.1, 0.15) is 28.8 Å². The lowest BCUT2D eigenvalue weighted by atomic mass is 9.88. The van der Waals surface area contributed by atoms with Gasteiger partial charge in [-0.15, -0.1) is 0 Å². The fraction of sp³-hybridized carbons (Fsp3) is 0.417. The monoisotopic (exact) mass is 471 g/mol. The predicted octanol–water partition coefficient (Wildman–Crippen LogP) is 1.90. The molecule has 180 valence electrons. The normalized spacial score (nSPS) is 22.1. The van der Waals surface area contributed by atoms with Crippen LogP contribution in [0.3, 0.4) is 0 Å². The van der Waals surface area contributed by atoms with Crippen molar-refractivity contribution >= 4 is 17.9 Å². The van der Waals surface area contributed by atoms with Gasteiger partial charge < -0.3 is 15.2 Å². The van der Waals surface area contributed by atoms with Crippen molar-refractivity contribution in [3.05, 3.63) is 64.1 Å². The molecule has 1 aromatic heterocycles. The number of likely N-dealkylation sites (tertiary alicyclic amines) is 1. The van der Waals surface area contributed by atoms with E-state index in [0.717, 1.165) is 48.9 Å². The number of hydrogen-bond acceptors (Lipinski definition) is 5. The van der Waals surface area contributed by atoms with E-state index in [4.69, 9.17) is 4.84 Å². The lowest BCUT2D eigenvalue weighted by molar-refractivity contribution is -0.129. The van der Waals surface area contributed by atoms with Gasteiger partial charge in [-0.1, -0.05) is 6.07 Å². The Bertz CT molecular complexity index is 1150. The molecule has 0 aliphatic carbocycles. The number of piperidine rings is 1. The Labute approximate surface area is 195 Å². The van der Waals surface area contributed by atoms with Crippen molar-refractivity contribution in [2.75, 3.05) is 26.7 Å². The Morgan fingerprint density at radius 2 is 2.12 bits per heavy atom. The minimum absolute atomic E-state index is 0.0963. The molecule has 0 unspecified atom stereocenters. The zero-order valence-corrected chi connectivity index (χ0v) is 18.9. The summed E-state index contributed by atoms with van der Waals surface area (Å²) in [6.07, 6.45) is 4.57. The number of nitrogens with zero attached hydrogens (tertiary/aromatic N) is 2. The van der Waals surface area contributed by atoms with Gasteiger partial charge in [0.2, 0.25) is 5.91 Å². The number of amides is 2. The van der Waals surface area contributed by atoms with Crippen LogP contribution in [0.2, 0.25) is 0 Å². The topological polar surface area (TPSA) is 89.7 Å². The third kappa shape index (κ3) is 4.30. The molecule has 2 fully saturated rings. The Kier molecular flexibility index (Phi) is 6.09. The fourth-order valence-electron chi connectivity index (χ4n) is 5.23. The van der Waals surface area contributed by atoms with Gasteiger partial charge in [-0.05, 0) is 30.7 Å². The van der Waals surface area contributed by atoms with E-state index in [2.05, 4.69) is 20.7 Å². The van der Waals surface area contributed by atoms with Crippen LogP contribution in [-0.4, -0.2) is 53.3 Å². The number of H-pyrrole nitrogens is 1. The number of rotatable bonds is 6. The van der Waals surface area contributed by atoms with E-state index in [9.17, 15) is 18.4 Å². The van der Waals surface area contributed by atoms with Crippen molar-refractivity contribution in [2.45, 2.75) is 26.1 Å². The number of benzene rings is 1. The van der Waals surface area contributed by atoms with Crippen LogP contribution in [0.15, 0.2) is 30.1 Å². The van der Waals surface area contributed by atoms with Gasteiger partial charge in [-0.3, -0.25) is 19.3 Å². The smallest absolute Gasteiger partial charge is 0.291 e. The summed E-state index contributed by atoms with van der Waals surface area (Å²) in [7, 11) is 1.35. The van der Waals surface area contributed by atoms with E-state index in [-0.39, 0.29) is 23.9 Å². The predicted molar refractivity (Wildman–Crippen MR) is 119 cm³/mol. The molecule has 0 spiro atoms. The van der Waals surface area contributed by atoms with Crippen molar-refractivity contribution in [1.29, 1.82) is 0 Å². The average Bonchev–Trinajstić information content (AvgIpc) is 3.38. The molecule has 2 aromatic rings. The second kappa shape index (κ2) is 9.19. The van der Waals surface area contributed by atoms with Gasteiger partial charge in [0.25, 0.3) is 5.91 Å². The number of aromatic nitrogens is 1. The number of carbonyl (C=O) groups is 2. The Morgan fingerprint density at radius 1 is 1.26 bits per heavy atom. The minimum Gasteiger partial charge on any atom is -0.363 e. The second-order valence-corrected chi connectivity index (χ2v) is 9.10. The van der Waals surface area contributed by atoms with E-state index in [1.807, 2.05) is 6.20 Å². The maximum Gasteiger partial charge on any atom is 0.291 e. The maximum atomic E-state index is 14.3. The third-order valence-corrected chi connectivity index (χ3v) is 6.95. The highest BCUT2D eigenvalue weighted by Crippen LogP contribution is 2.32. The fourth-order valence-corrected chi connectivity index (χ4v) is 5.23. The maximum absolute atomic E-state index is 14.3. The lowest BCUT2D eigenvalue weighted by Gasteiger charge is -2.34. The molecule has 3 N–H and O–H groups in total. The molecule has 2 atom stereocenters. The first kappa shape index (κ1) is 22.5. The number of halogens is 2. The molecule has 0 saturated carbocycles. The van der Waals surface area contributed by atoms with Gasteiger partial charge >= 0.3 is 0 Å². The van der Waals surface area contributed by atoms with Crippen LogP contribution in [0, 0.1) is 23.5 Å². The quantitative estimate of drug-likeness (QED) is 0.560. The van der Waals surface area contributed by atoms with E-state index in [1.165, 1.54) is 19.2 Å². The first-order valence-corrected chi connectivity index (χ1v) is 11.4. The molecule has 0 radical (unpaired) electrons. The molecule has 5 rings (SSSR count). The molecule has 34 heavy (non-hydrogen) atoms. The summed E-state index contributed by atoms with van der Waals surface area (Å²) < 4.78 is 27.6. The van der Waals surface area contributed by atoms with Crippen molar-refractivity contribution in [1.82, 2.24) is 25.6 Å². The summed E-state index contributed by atoms with van der Waals surface area (Å²) in [6.45, 7) is 3.57. The molecule has 0 bridgehead atoms. The van der Waals surface area contributed by atoms with Crippen molar-refractivity contribution in [2.24, 2.45) is 11.8 Å². The van der Waals surface area contributed by atoms with Crippen molar-refractivity contribution < 1.29 is 23.2 Å². The van der Waals surface area contributed by atoms with Gasteiger partial charge in [0.15, 0.2) is 0 Å². The summed E-state index contributed by atoms with van der Waals surface area (Å²) in [4.78, 5) is 36.9. The second-order valence-electron chi connectivity index (χ2n) is 9.10. The Hall–Kier alpha value is -3.24. The molecular formula is C24H27F2N5O3. The van der Waals surface area contributed by atoms with Gasteiger partial charge in [-0.25, -0.2) is 14.3 Å². The van der Waals surface area contributed by atoms with Crippen LogP contribution in [0.25, 0.3) is 6.08 Å². The van der Waals surface area contributed by atoms with Gasteiger partial charge in [0, 0.05) is 67.1 Å². The molecule has 3 aliphatic heterocycles. The molecule has 3 aliphatic rings. The first-order chi connectivity index (χ1) is 16.4. The number of hydroxylamine groups is 1. The number of hydrogen-bond donors (Lipinski definition) is 3. The molecule has 4 heterocycles. The zero-order valence-electron chi connectivity index (χ0n) is 18.9. The van der Waals surface area contributed by atoms with E-state index in [1.54, 1.807) is 11.0 Å². The first-order valence-electron chi connectivity index (χ1n) is 11.4. The number of fused-ring (bicyclic) bond motifs is 2. The van der Waals surface area contributed by atoms with Crippen LogP contribution in [0.5, 0.6) is 0 Å². The van der Waals surface area contributed by atoms with Crippen LogP contribution >= 0.6 is 0 Å². The molecule has 10 heteroatoms. The summed E-state index contributed by atoms with van der Waals surface area (Å²) in [6, 6.07) is 3.43. The third-order valence-electron chi connectivity index (χ3n) is 6.95. The standard InChI is InChI=1S/C24H27F2N5O3/c1-34-29-24(33)22-7-19-16(11-30-5-4-18-15(10-30)9-28-23(18)32)8-27-21(19)13-31(22)12-14-2-3-17(25)6-20(14)26/h2-3,6-8,15,18,27H,4-5,9-13H2,1H3,(H,28,32)(H,29,33)/t15-,18-/m0/s1. The highest BCUT2D eigenvalue weighted by molar-refractivity contribution is 5.97. The van der Waals surface area contributed by atoms with E-state index < -0.39 is 17.5 Å². The SMILES string of the molecule is CONC(=O)C1=Cc2c(CN3CC[C@@H]4C(=O)NC[C@H]4C3)c[nH]c2CN1Cc1ccc(F)cc1F. The van der Waals surface area contributed by atoms with Crippen LogP contribution < -0.4 is 10.8 Å². The largest absolute Gasteiger partial charge is 0.363 e. The summed E-state index contributed by atoms with van der Waals surface area (Å²) in [5.74, 6) is -1.15. The molecule has 2 amide bonds. The minimum atomic E-state index is -0.659. The highest BCUT2D eigenvalue weighted by Gasteiger charge is 2.39. The van der Waals surface area contributed by atoms with Crippen LogP contribution in [0.4, 0.5) is 8.78 Å². The summed E-state index contributed by atoms with van der Waals surface area (Å²) in [5, 5.41) is 2.96. The molecule has 2 saturated heterocycles. The summed E-state index contributed by atoms with van der Waals surface area (Å²) in [5.41, 5.74) is 5.87. The molecular weight excluding hydrogens is 444 g/mol. The van der Waals surface area contributed by atoms with Crippen LogP contribution in [-0.2, 0) is 34.1 Å². The van der Waals surface area contributed by atoms with E-state index >= 15 is 0 Å². The van der Waals surface area contributed by atoms with Gasteiger partial charge in [-0.2, -0.15) is 0 Å². The zero-order chi connectivity index (χ0) is 23.8. The Morgan fingerprint density at radius 3 is 2.91 bits per heavy atom. The summed E-state index contributed by atoms with van der Waals surface area (Å²) >= 11 is 0. The Balaban J connectivity index is 1.37. The molecule has 1 aromatic carbocycles. The van der Waals surface area contributed by atoms with Gasteiger partial charge in [0.1, 0.15) is 17.3 Å². The van der Waals surface area contributed by atoms with E-state index in [0.29, 0.717) is 24.7 Å². The highest BCUT2D eigenvalue weighted by atomic mass is 19.1. The number of nitrogens with one attached hydrogen (secondary N) is 3. The lowest BCUT2D eigenvalue weighted by Crippen LogP contribution is -2.40. The molecule has 8 nitrogen and oxygen atoms in total. The average molecular weight is 472 g/mol. The number of carbonyl (C=O) groups excluding carboxylic acids is 2.